The van der Waals surface area contributed by atoms with Gasteiger partial charge in [-0.2, -0.15) is 5.11 Å². The molecule has 3 rings (SSSR count). The quantitative estimate of drug-likeness (QED) is 0.663. The first-order chi connectivity index (χ1) is 8.38. The lowest BCUT2D eigenvalue weighted by molar-refractivity contribution is 0.620. The molecule has 1 heterocycles. The lowest BCUT2D eigenvalue weighted by atomic mass is 10.2. The molecule has 2 aromatic carbocycles. The molecule has 0 saturated heterocycles. The molecule has 0 amide bonds. The lowest BCUT2D eigenvalue weighted by Crippen LogP contribution is -1.77. The van der Waals surface area contributed by atoms with E-state index in [9.17, 15) is 0 Å². The summed E-state index contributed by atoms with van der Waals surface area (Å²) >= 11 is 0. The van der Waals surface area contributed by atoms with Gasteiger partial charge in [0.15, 0.2) is 5.58 Å². The van der Waals surface area contributed by atoms with E-state index >= 15 is 0 Å². The van der Waals surface area contributed by atoms with Crippen LogP contribution in [0, 0.1) is 5.53 Å². The van der Waals surface area contributed by atoms with Gasteiger partial charge in [-0.1, -0.05) is 24.3 Å². The van der Waals surface area contributed by atoms with E-state index in [-0.39, 0.29) is 0 Å². The molecule has 0 fully saturated rings. The highest BCUT2D eigenvalue weighted by molar-refractivity contribution is 5.79. The zero-order chi connectivity index (χ0) is 11.7. The van der Waals surface area contributed by atoms with Crippen molar-refractivity contribution in [3.05, 3.63) is 48.5 Å². The number of hydrogen-bond acceptors (Lipinski definition) is 4. The summed E-state index contributed by atoms with van der Waals surface area (Å²) in [6, 6.07) is 14.9. The number of oxazole rings is 1. The molecular formula is C13H9N3O. The number of fused-ring (bicyclic) bond motifs is 1. The molecule has 17 heavy (non-hydrogen) atoms. The molecule has 0 atom stereocenters. The van der Waals surface area contributed by atoms with E-state index in [1.165, 1.54) is 0 Å². The van der Waals surface area contributed by atoms with Crippen molar-refractivity contribution in [2.24, 2.45) is 5.11 Å². The van der Waals surface area contributed by atoms with Gasteiger partial charge in [0.05, 0.1) is 11.3 Å². The second-order valence-corrected chi connectivity index (χ2v) is 3.62. The van der Waals surface area contributed by atoms with Crippen molar-refractivity contribution in [2.75, 3.05) is 0 Å². The van der Waals surface area contributed by atoms with Gasteiger partial charge in [0.25, 0.3) is 0 Å². The minimum Gasteiger partial charge on any atom is -0.436 e. The lowest BCUT2D eigenvalue weighted by Gasteiger charge is -1.97. The maximum absolute atomic E-state index is 7.12. The summed E-state index contributed by atoms with van der Waals surface area (Å²) in [4.78, 5) is 4.38. The van der Waals surface area contributed by atoms with E-state index < -0.39 is 0 Å². The summed E-state index contributed by atoms with van der Waals surface area (Å²) in [5.74, 6) is 0.498. The SMILES string of the molecule is N=Nc1ccccc1-c1nc2ccccc2o1. The molecule has 4 heteroatoms. The van der Waals surface area contributed by atoms with Crippen LogP contribution in [0.3, 0.4) is 0 Å². The maximum Gasteiger partial charge on any atom is 0.229 e. The van der Waals surface area contributed by atoms with Crippen LogP contribution in [-0.4, -0.2) is 4.98 Å². The Morgan fingerprint density at radius 2 is 1.76 bits per heavy atom. The molecule has 0 radical (unpaired) electrons. The molecule has 0 bridgehead atoms. The van der Waals surface area contributed by atoms with E-state index in [0.29, 0.717) is 11.6 Å². The zero-order valence-corrected chi connectivity index (χ0v) is 8.92. The molecule has 82 valence electrons. The van der Waals surface area contributed by atoms with E-state index in [1.54, 1.807) is 6.07 Å². The Morgan fingerprint density at radius 3 is 2.59 bits per heavy atom. The van der Waals surface area contributed by atoms with Gasteiger partial charge in [0.2, 0.25) is 5.89 Å². The molecule has 0 saturated carbocycles. The average Bonchev–Trinajstić information content (AvgIpc) is 2.82. The standard InChI is InChI=1S/C13H9N3O/c14-16-10-6-2-1-5-9(10)13-15-11-7-3-4-8-12(11)17-13/h1-8,14H. The van der Waals surface area contributed by atoms with Crippen molar-refractivity contribution in [2.45, 2.75) is 0 Å². The predicted octanol–water partition coefficient (Wildman–Crippen LogP) is 4.16. The molecule has 4 nitrogen and oxygen atoms in total. The number of benzene rings is 2. The van der Waals surface area contributed by atoms with E-state index in [1.807, 2.05) is 42.5 Å². The molecule has 0 spiro atoms. The number of para-hydroxylation sites is 3. The highest BCUT2D eigenvalue weighted by Crippen LogP contribution is 2.31. The molecular weight excluding hydrogens is 214 g/mol. The fourth-order valence-electron chi connectivity index (χ4n) is 1.74. The third kappa shape index (κ3) is 1.59. The van der Waals surface area contributed by atoms with Gasteiger partial charge in [-0.25, -0.2) is 10.5 Å². The topological polar surface area (TPSA) is 62.2 Å². The van der Waals surface area contributed by atoms with Crippen molar-refractivity contribution in [1.82, 2.24) is 4.98 Å². The smallest absolute Gasteiger partial charge is 0.229 e. The van der Waals surface area contributed by atoms with Crippen LogP contribution in [0.15, 0.2) is 58.1 Å². The Bertz CT molecular complexity index is 655. The van der Waals surface area contributed by atoms with Crippen LogP contribution in [0.2, 0.25) is 0 Å². The number of aromatic nitrogens is 1. The molecule has 0 aliphatic rings. The van der Waals surface area contributed by atoms with Crippen molar-refractivity contribution in [3.8, 4) is 11.5 Å². The van der Waals surface area contributed by atoms with Gasteiger partial charge in [-0.15, -0.1) is 0 Å². The second-order valence-electron chi connectivity index (χ2n) is 3.62. The third-order valence-corrected chi connectivity index (χ3v) is 2.55. The number of nitrogens with zero attached hydrogens (tertiary/aromatic N) is 2. The fourth-order valence-corrected chi connectivity index (χ4v) is 1.74. The van der Waals surface area contributed by atoms with Gasteiger partial charge in [-0.05, 0) is 24.3 Å². The highest BCUT2D eigenvalue weighted by Gasteiger charge is 2.10. The molecule has 0 aliphatic carbocycles. The minimum absolute atomic E-state index is 0.498. The van der Waals surface area contributed by atoms with Crippen molar-refractivity contribution < 1.29 is 4.42 Å². The van der Waals surface area contributed by atoms with Crippen LogP contribution in [0.25, 0.3) is 22.6 Å². The number of hydrogen-bond donors (Lipinski definition) is 1. The van der Waals surface area contributed by atoms with Gasteiger partial charge >= 0.3 is 0 Å². The normalized spacial score (nSPS) is 10.6. The van der Waals surface area contributed by atoms with E-state index in [2.05, 4.69) is 10.1 Å². The maximum atomic E-state index is 7.12. The average molecular weight is 223 g/mol. The molecule has 0 aliphatic heterocycles. The van der Waals surface area contributed by atoms with Crippen molar-refractivity contribution >= 4 is 16.8 Å². The fraction of sp³-hybridized carbons (Fsp3) is 0. The Hall–Kier alpha value is -2.49. The molecule has 1 N–H and O–H groups in total. The van der Waals surface area contributed by atoms with Gasteiger partial charge in [0, 0.05) is 0 Å². The Morgan fingerprint density at radius 1 is 1.00 bits per heavy atom. The number of rotatable bonds is 2. The Kier molecular flexibility index (Phi) is 2.19. The molecule has 0 unspecified atom stereocenters. The summed E-state index contributed by atoms with van der Waals surface area (Å²) in [6.45, 7) is 0. The summed E-state index contributed by atoms with van der Waals surface area (Å²) in [7, 11) is 0. The van der Waals surface area contributed by atoms with Crippen LogP contribution in [-0.2, 0) is 0 Å². The van der Waals surface area contributed by atoms with E-state index in [0.717, 1.165) is 16.7 Å². The second kappa shape index (κ2) is 3.83. The van der Waals surface area contributed by atoms with Crippen LogP contribution >= 0.6 is 0 Å². The number of nitrogens with one attached hydrogen (secondary N) is 1. The van der Waals surface area contributed by atoms with Crippen LogP contribution < -0.4 is 0 Å². The first-order valence-corrected chi connectivity index (χ1v) is 5.21. The highest BCUT2D eigenvalue weighted by atomic mass is 16.3. The Labute approximate surface area is 97.4 Å². The zero-order valence-electron chi connectivity index (χ0n) is 8.92. The summed E-state index contributed by atoms with van der Waals surface area (Å²) in [5, 5.41) is 3.47. The first-order valence-electron chi connectivity index (χ1n) is 5.21. The Balaban J connectivity index is 2.23. The molecule has 3 aromatic rings. The monoisotopic (exact) mass is 223 g/mol. The van der Waals surface area contributed by atoms with Crippen molar-refractivity contribution in [3.63, 3.8) is 0 Å². The largest absolute Gasteiger partial charge is 0.436 e. The van der Waals surface area contributed by atoms with Gasteiger partial charge in [-0.3, -0.25) is 0 Å². The van der Waals surface area contributed by atoms with E-state index in [4.69, 9.17) is 9.95 Å². The summed E-state index contributed by atoms with van der Waals surface area (Å²) < 4.78 is 5.64. The first kappa shape index (κ1) is 9.72. The van der Waals surface area contributed by atoms with Crippen LogP contribution in [0.5, 0.6) is 0 Å². The predicted molar refractivity (Wildman–Crippen MR) is 64.3 cm³/mol. The molecule has 1 aromatic heterocycles. The van der Waals surface area contributed by atoms with Gasteiger partial charge < -0.3 is 4.42 Å². The summed E-state index contributed by atoms with van der Waals surface area (Å²) in [5.41, 5.74) is 9.96. The summed E-state index contributed by atoms with van der Waals surface area (Å²) in [6.07, 6.45) is 0. The van der Waals surface area contributed by atoms with Crippen LogP contribution in [0.1, 0.15) is 0 Å². The third-order valence-electron chi connectivity index (χ3n) is 2.55. The van der Waals surface area contributed by atoms with Gasteiger partial charge in [0.1, 0.15) is 5.52 Å². The minimum atomic E-state index is 0.498. The van der Waals surface area contributed by atoms with Crippen LogP contribution in [0.4, 0.5) is 5.69 Å². The van der Waals surface area contributed by atoms with Crippen molar-refractivity contribution in [1.29, 1.82) is 5.53 Å².